The Morgan fingerprint density at radius 1 is 1.14 bits per heavy atom. The number of amides is 1. The van der Waals surface area contributed by atoms with E-state index in [4.69, 9.17) is 0 Å². The topological polar surface area (TPSA) is 130 Å². The number of hydrogen-bond acceptors (Lipinski definition) is 6. The van der Waals surface area contributed by atoms with Gasteiger partial charge in [0.25, 0.3) is 11.9 Å². The van der Waals surface area contributed by atoms with Crippen LogP contribution >= 0.6 is 0 Å². The van der Waals surface area contributed by atoms with E-state index < -0.39 is 17.7 Å². The second-order valence-corrected chi connectivity index (χ2v) is 7.95. The van der Waals surface area contributed by atoms with Crippen LogP contribution in [-0.4, -0.2) is 47.2 Å². The van der Waals surface area contributed by atoms with Crippen LogP contribution in [0.25, 0.3) is 0 Å². The van der Waals surface area contributed by atoms with Crippen molar-refractivity contribution in [1.29, 1.82) is 0 Å². The Balaban J connectivity index is 1.70. The number of carboxylic acids is 1. The van der Waals surface area contributed by atoms with Gasteiger partial charge in [-0.3, -0.25) is 9.69 Å². The maximum atomic E-state index is 14.4. The van der Waals surface area contributed by atoms with Crippen LogP contribution in [0.5, 0.6) is 0 Å². The molecule has 0 aliphatic rings. The second kappa shape index (κ2) is 10.7. The van der Waals surface area contributed by atoms with Gasteiger partial charge >= 0.3 is 5.97 Å². The molecule has 2 aromatic carbocycles. The number of carbonyl (C=O) groups is 2. The first-order chi connectivity index (χ1) is 17.0. The van der Waals surface area contributed by atoms with Gasteiger partial charge in [0, 0.05) is 18.5 Å². The number of aromatic carboxylic acids is 1. The average molecular weight is 478 g/mol. The van der Waals surface area contributed by atoms with E-state index in [0.717, 1.165) is 24.2 Å². The van der Waals surface area contributed by atoms with Crippen LogP contribution in [-0.2, 0) is 19.5 Å². The SMILES string of the molecule is CCCCc1ncc(C(=O)N(Cc2ccccc2F)c2nn[nH]n2)n1Cc1ccc(C(=O)O)cc1. The Kier molecular flexibility index (Phi) is 7.24. The van der Waals surface area contributed by atoms with Crippen molar-refractivity contribution in [3.63, 3.8) is 0 Å². The van der Waals surface area contributed by atoms with Crippen LogP contribution in [0.15, 0.2) is 54.7 Å². The third-order valence-electron chi connectivity index (χ3n) is 5.56. The molecule has 2 heterocycles. The Morgan fingerprint density at radius 2 is 1.91 bits per heavy atom. The molecule has 0 atom stereocenters. The molecule has 0 aliphatic heterocycles. The molecular formula is C24H24FN7O3. The lowest BCUT2D eigenvalue weighted by Gasteiger charge is -2.20. The Bertz CT molecular complexity index is 1300. The number of halogens is 1. The van der Waals surface area contributed by atoms with Gasteiger partial charge in [0.2, 0.25) is 0 Å². The lowest BCUT2D eigenvalue weighted by atomic mass is 10.1. The zero-order chi connectivity index (χ0) is 24.8. The highest BCUT2D eigenvalue weighted by atomic mass is 19.1. The summed E-state index contributed by atoms with van der Waals surface area (Å²) in [6.45, 7) is 2.27. The van der Waals surface area contributed by atoms with E-state index in [1.807, 2.05) is 0 Å². The van der Waals surface area contributed by atoms with E-state index in [0.29, 0.717) is 18.5 Å². The number of benzene rings is 2. The van der Waals surface area contributed by atoms with Gasteiger partial charge in [0.1, 0.15) is 17.3 Å². The van der Waals surface area contributed by atoms with Crippen LogP contribution in [0, 0.1) is 5.82 Å². The normalized spacial score (nSPS) is 10.9. The first-order valence-electron chi connectivity index (χ1n) is 11.1. The molecule has 10 nitrogen and oxygen atoms in total. The fourth-order valence-electron chi connectivity index (χ4n) is 3.67. The number of nitrogens with zero attached hydrogens (tertiary/aromatic N) is 6. The number of nitrogens with one attached hydrogen (secondary N) is 1. The number of aryl methyl sites for hydroxylation is 1. The number of hydrogen-bond donors (Lipinski definition) is 2. The maximum Gasteiger partial charge on any atom is 0.335 e. The van der Waals surface area contributed by atoms with Crippen molar-refractivity contribution in [2.75, 3.05) is 4.90 Å². The third kappa shape index (κ3) is 5.40. The molecular weight excluding hydrogens is 453 g/mol. The van der Waals surface area contributed by atoms with Crippen LogP contribution in [0.4, 0.5) is 10.3 Å². The summed E-state index contributed by atoms with van der Waals surface area (Å²) in [5, 5.41) is 22.9. The minimum atomic E-state index is -1.01. The highest BCUT2D eigenvalue weighted by Crippen LogP contribution is 2.20. The van der Waals surface area contributed by atoms with Gasteiger partial charge in [-0.2, -0.15) is 5.21 Å². The van der Waals surface area contributed by atoms with Crippen molar-refractivity contribution >= 4 is 17.8 Å². The van der Waals surface area contributed by atoms with Gasteiger partial charge in [-0.1, -0.05) is 48.8 Å². The zero-order valence-corrected chi connectivity index (χ0v) is 19.1. The number of aromatic amines is 1. The number of aromatic nitrogens is 6. The predicted octanol–water partition coefficient (Wildman–Crippen LogP) is 3.47. The van der Waals surface area contributed by atoms with E-state index in [-0.39, 0.29) is 23.8 Å². The van der Waals surface area contributed by atoms with Crippen molar-refractivity contribution < 1.29 is 19.1 Å². The van der Waals surface area contributed by atoms with Gasteiger partial charge in [-0.05, 0) is 35.4 Å². The number of carbonyl (C=O) groups excluding carboxylic acids is 1. The molecule has 1 amide bonds. The molecule has 4 aromatic rings. The molecule has 4 rings (SSSR count). The number of rotatable bonds is 10. The molecule has 0 bridgehead atoms. The van der Waals surface area contributed by atoms with E-state index in [2.05, 4.69) is 32.5 Å². The summed E-state index contributed by atoms with van der Waals surface area (Å²) >= 11 is 0. The van der Waals surface area contributed by atoms with Crippen molar-refractivity contribution in [1.82, 2.24) is 30.2 Å². The number of unbranched alkanes of at least 4 members (excludes halogenated alkanes) is 1. The molecule has 0 unspecified atom stereocenters. The summed E-state index contributed by atoms with van der Waals surface area (Å²) in [5.74, 6) is -1.21. The van der Waals surface area contributed by atoms with Crippen LogP contribution in [0.2, 0.25) is 0 Å². The summed E-state index contributed by atoms with van der Waals surface area (Å²) < 4.78 is 16.2. The van der Waals surface area contributed by atoms with Gasteiger partial charge in [-0.15, -0.1) is 5.10 Å². The number of carboxylic acid groups (broad SMARTS) is 1. The van der Waals surface area contributed by atoms with Crippen molar-refractivity contribution in [3.8, 4) is 0 Å². The van der Waals surface area contributed by atoms with E-state index in [9.17, 15) is 19.1 Å². The van der Waals surface area contributed by atoms with E-state index in [1.54, 1.807) is 34.9 Å². The summed E-state index contributed by atoms with van der Waals surface area (Å²) in [6, 6.07) is 12.6. The fourth-order valence-corrected chi connectivity index (χ4v) is 3.67. The Hall–Kier alpha value is -4.41. The fraction of sp³-hybridized carbons (Fsp3) is 0.250. The lowest BCUT2D eigenvalue weighted by Crippen LogP contribution is -2.33. The van der Waals surface area contributed by atoms with Crippen LogP contribution < -0.4 is 4.90 Å². The molecule has 0 spiro atoms. The number of tetrazole rings is 1. The van der Waals surface area contributed by atoms with E-state index in [1.165, 1.54) is 29.3 Å². The third-order valence-corrected chi connectivity index (χ3v) is 5.56. The van der Waals surface area contributed by atoms with Gasteiger partial charge in [0.15, 0.2) is 0 Å². The van der Waals surface area contributed by atoms with Gasteiger partial charge in [0.05, 0.1) is 18.3 Å². The van der Waals surface area contributed by atoms with E-state index >= 15 is 0 Å². The minimum Gasteiger partial charge on any atom is -0.478 e. The molecule has 0 radical (unpaired) electrons. The first kappa shape index (κ1) is 23.7. The summed E-state index contributed by atoms with van der Waals surface area (Å²) in [6.07, 6.45) is 3.98. The number of anilines is 1. The van der Waals surface area contributed by atoms with Crippen molar-refractivity contribution in [2.45, 2.75) is 39.3 Å². The molecule has 0 fully saturated rings. The standard InChI is InChI=1S/C24H24FN7O3/c1-2-3-8-21-26-13-20(31(21)14-16-9-11-17(12-10-16)23(34)35)22(33)32(24-27-29-30-28-24)15-18-6-4-5-7-19(18)25/h4-7,9-13H,2-3,8,14-15H2,1H3,(H,34,35)(H,27,28,29,30). The molecule has 11 heteroatoms. The Morgan fingerprint density at radius 3 is 2.57 bits per heavy atom. The number of H-pyrrole nitrogens is 1. The highest BCUT2D eigenvalue weighted by molar-refractivity contribution is 6.03. The summed E-state index contributed by atoms with van der Waals surface area (Å²) in [5.41, 5.74) is 1.56. The molecule has 2 N–H and O–H groups in total. The average Bonchev–Trinajstić information content (AvgIpc) is 3.53. The lowest BCUT2D eigenvalue weighted by molar-refractivity contribution is 0.0696. The largest absolute Gasteiger partial charge is 0.478 e. The maximum absolute atomic E-state index is 14.4. The molecule has 180 valence electrons. The van der Waals surface area contributed by atoms with Gasteiger partial charge < -0.3 is 9.67 Å². The molecule has 0 saturated carbocycles. The molecule has 0 saturated heterocycles. The highest BCUT2D eigenvalue weighted by Gasteiger charge is 2.27. The molecule has 2 aromatic heterocycles. The predicted molar refractivity (Wildman–Crippen MR) is 124 cm³/mol. The first-order valence-corrected chi connectivity index (χ1v) is 11.1. The molecule has 0 aliphatic carbocycles. The van der Waals surface area contributed by atoms with Gasteiger partial charge in [-0.25, -0.2) is 14.2 Å². The van der Waals surface area contributed by atoms with Crippen LogP contribution in [0.1, 0.15) is 57.6 Å². The van der Waals surface area contributed by atoms with Crippen molar-refractivity contribution in [2.24, 2.45) is 0 Å². The minimum absolute atomic E-state index is 0.00641. The second-order valence-electron chi connectivity index (χ2n) is 7.95. The summed E-state index contributed by atoms with van der Waals surface area (Å²) in [4.78, 5) is 30.7. The summed E-state index contributed by atoms with van der Waals surface area (Å²) in [7, 11) is 0. The Labute approximate surface area is 200 Å². The van der Waals surface area contributed by atoms with Crippen LogP contribution in [0.3, 0.4) is 0 Å². The number of imidazole rings is 1. The monoisotopic (exact) mass is 477 g/mol. The van der Waals surface area contributed by atoms with Crippen molar-refractivity contribution in [3.05, 3.63) is 88.8 Å². The molecule has 35 heavy (non-hydrogen) atoms. The smallest absolute Gasteiger partial charge is 0.335 e. The zero-order valence-electron chi connectivity index (χ0n) is 19.1. The quantitative estimate of drug-likeness (QED) is 0.358.